The molecule has 0 unspecified atom stereocenters. The van der Waals surface area contributed by atoms with Crippen LogP contribution in [-0.2, 0) is 15.8 Å². The van der Waals surface area contributed by atoms with Crippen molar-refractivity contribution in [3.8, 4) is 0 Å². The van der Waals surface area contributed by atoms with Crippen LogP contribution >= 0.6 is 0 Å². The third-order valence-corrected chi connectivity index (χ3v) is 5.88. The van der Waals surface area contributed by atoms with Crippen LogP contribution in [0.5, 0.6) is 0 Å². The first-order valence-electron chi connectivity index (χ1n) is 7.52. The summed E-state index contributed by atoms with van der Waals surface area (Å²) < 4.78 is 33.0. The molecule has 3 aromatic rings. The molecule has 4 heterocycles. The monoisotopic (exact) mass is 348 g/mol. The number of nitrogens with zero attached hydrogens (tertiary/aromatic N) is 6. The molecule has 0 amide bonds. The first kappa shape index (κ1) is 15.1. The van der Waals surface area contributed by atoms with Crippen molar-refractivity contribution in [2.45, 2.75) is 5.75 Å². The van der Waals surface area contributed by atoms with Gasteiger partial charge < -0.3 is 13.8 Å². The molecule has 1 fully saturated rings. The largest absolute Gasteiger partial charge is 0.364 e. The van der Waals surface area contributed by atoms with Crippen molar-refractivity contribution in [2.75, 3.05) is 31.1 Å². The molecule has 0 spiro atoms. The predicted octanol–water partition coefficient (Wildman–Crippen LogP) is 0.369. The Balaban J connectivity index is 1.48. The highest BCUT2D eigenvalue weighted by molar-refractivity contribution is 7.88. The molecule has 0 aromatic carbocycles. The summed E-state index contributed by atoms with van der Waals surface area (Å²) in [5.74, 6) is 0.684. The number of hydrogen-bond acceptors (Lipinski definition) is 7. The number of rotatable bonds is 4. The van der Waals surface area contributed by atoms with Crippen LogP contribution in [0.15, 0.2) is 41.8 Å². The molecular formula is C14H16N6O3S. The third-order valence-electron chi connectivity index (χ3n) is 4.07. The summed E-state index contributed by atoms with van der Waals surface area (Å²) in [5.41, 5.74) is 1.33. The molecule has 1 aliphatic rings. The highest BCUT2D eigenvalue weighted by Crippen LogP contribution is 2.21. The van der Waals surface area contributed by atoms with Crippen molar-refractivity contribution in [3.63, 3.8) is 0 Å². The van der Waals surface area contributed by atoms with Crippen LogP contribution in [0.3, 0.4) is 0 Å². The van der Waals surface area contributed by atoms with Gasteiger partial charge in [0.05, 0.1) is 18.2 Å². The second-order valence-electron chi connectivity index (χ2n) is 5.57. The van der Waals surface area contributed by atoms with Crippen molar-refractivity contribution in [3.05, 3.63) is 42.9 Å². The standard InChI is InChI=1S/C14H16N6O3S/c21-24(22,10-12-1-8-23-17-12)20-6-4-18(5-7-20)14-13-9-15-11-19(13)3-2-16-14/h1-3,8-9,11H,4-7,10H2. The number of hydrogen-bond donors (Lipinski definition) is 0. The number of anilines is 1. The first-order valence-corrected chi connectivity index (χ1v) is 9.13. The first-order chi connectivity index (χ1) is 11.6. The summed E-state index contributed by atoms with van der Waals surface area (Å²) in [7, 11) is -3.40. The molecule has 9 nitrogen and oxygen atoms in total. The Morgan fingerprint density at radius 1 is 1.21 bits per heavy atom. The van der Waals surface area contributed by atoms with Crippen molar-refractivity contribution in [1.29, 1.82) is 0 Å². The maximum absolute atomic E-state index is 12.5. The molecular weight excluding hydrogens is 332 g/mol. The van der Waals surface area contributed by atoms with Crippen LogP contribution in [0.25, 0.3) is 5.52 Å². The molecule has 0 radical (unpaired) electrons. The lowest BCUT2D eigenvalue weighted by Gasteiger charge is -2.34. The molecule has 1 saturated heterocycles. The van der Waals surface area contributed by atoms with E-state index in [2.05, 4.69) is 20.0 Å². The van der Waals surface area contributed by atoms with Gasteiger partial charge in [0, 0.05) is 44.6 Å². The molecule has 10 heteroatoms. The van der Waals surface area contributed by atoms with Crippen LogP contribution in [0.4, 0.5) is 5.82 Å². The Labute approximate surface area is 138 Å². The van der Waals surface area contributed by atoms with E-state index in [9.17, 15) is 8.42 Å². The van der Waals surface area contributed by atoms with E-state index in [1.807, 2.05) is 10.6 Å². The fourth-order valence-corrected chi connectivity index (χ4v) is 4.28. The molecule has 1 aliphatic heterocycles. The van der Waals surface area contributed by atoms with E-state index in [0.717, 1.165) is 11.3 Å². The van der Waals surface area contributed by atoms with E-state index >= 15 is 0 Å². The molecule has 4 rings (SSSR count). The van der Waals surface area contributed by atoms with Crippen LogP contribution in [0, 0.1) is 0 Å². The molecule has 126 valence electrons. The molecule has 0 atom stereocenters. The van der Waals surface area contributed by atoms with Gasteiger partial charge in [-0.2, -0.15) is 4.31 Å². The van der Waals surface area contributed by atoms with Crippen LogP contribution < -0.4 is 4.90 Å². The average Bonchev–Trinajstić information content (AvgIpc) is 3.25. The van der Waals surface area contributed by atoms with Gasteiger partial charge in [-0.3, -0.25) is 0 Å². The van der Waals surface area contributed by atoms with Crippen molar-refractivity contribution in [2.24, 2.45) is 0 Å². The van der Waals surface area contributed by atoms with Gasteiger partial charge in [-0.05, 0) is 0 Å². The van der Waals surface area contributed by atoms with Crippen molar-refractivity contribution >= 4 is 21.4 Å². The topological polar surface area (TPSA) is 96.8 Å². The van der Waals surface area contributed by atoms with Crippen LogP contribution in [-0.4, -0.2) is 58.4 Å². The zero-order chi connectivity index (χ0) is 16.6. The molecule has 24 heavy (non-hydrogen) atoms. The van der Waals surface area contributed by atoms with E-state index in [4.69, 9.17) is 4.52 Å². The Kier molecular flexibility index (Phi) is 3.69. The minimum Gasteiger partial charge on any atom is -0.364 e. The Hall–Kier alpha value is -2.46. The number of imidazole rings is 1. The fraction of sp³-hybridized carbons (Fsp3) is 0.357. The molecule has 0 bridgehead atoms. The fourth-order valence-electron chi connectivity index (χ4n) is 2.85. The summed E-state index contributed by atoms with van der Waals surface area (Å²) in [6, 6.07) is 1.57. The number of aromatic nitrogens is 4. The van der Waals surface area contributed by atoms with E-state index in [0.29, 0.717) is 31.9 Å². The molecule has 0 N–H and O–H groups in total. The quantitative estimate of drug-likeness (QED) is 0.672. The van der Waals surface area contributed by atoms with Gasteiger partial charge in [-0.1, -0.05) is 5.16 Å². The lowest BCUT2D eigenvalue weighted by molar-refractivity contribution is 0.381. The summed E-state index contributed by atoms with van der Waals surface area (Å²) in [5, 5.41) is 3.68. The van der Waals surface area contributed by atoms with Gasteiger partial charge >= 0.3 is 0 Å². The maximum Gasteiger partial charge on any atom is 0.220 e. The van der Waals surface area contributed by atoms with Crippen molar-refractivity contribution < 1.29 is 12.9 Å². The van der Waals surface area contributed by atoms with E-state index in [1.165, 1.54) is 10.6 Å². The normalized spacial score (nSPS) is 16.8. The lowest BCUT2D eigenvalue weighted by atomic mass is 10.3. The minimum atomic E-state index is -3.40. The summed E-state index contributed by atoms with van der Waals surface area (Å²) in [6.07, 6.45) is 8.41. The number of fused-ring (bicyclic) bond motifs is 1. The Bertz CT molecular complexity index is 928. The van der Waals surface area contributed by atoms with Gasteiger partial charge in [-0.15, -0.1) is 0 Å². The zero-order valence-corrected chi connectivity index (χ0v) is 13.6. The second-order valence-corrected chi connectivity index (χ2v) is 7.54. The zero-order valence-electron chi connectivity index (χ0n) is 12.8. The predicted molar refractivity (Wildman–Crippen MR) is 85.9 cm³/mol. The van der Waals surface area contributed by atoms with Crippen molar-refractivity contribution in [1.82, 2.24) is 23.8 Å². The van der Waals surface area contributed by atoms with Gasteiger partial charge in [0.1, 0.15) is 17.5 Å². The summed E-state index contributed by atoms with van der Waals surface area (Å²) in [4.78, 5) is 10.6. The van der Waals surface area contributed by atoms with Gasteiger partial charge in [-0.25, -0.2) is 18.4 Å². The Morgan fingerprint density at radius 3 is 2.79 bits per heavy atom. The number of sulfonamides is 1. The highest BCUT2D eigenvalue weighted by Gasteiger charge is 2.28. The summed E-state index contributed by atoms with van der Waals surface area (Å²) in [6.45, 7) is 1.99. The van der Waals surface area contributed by atoms with E-state index in [-0.39, 0.29) is 5.75 Å². The molecule has 0 aliphatic carbocycles. The van der Waals surface area contributed by atoms with Crippen LogP contribution in [0.1, 0.15) is 5.69 Å². The lowest BCUT2D eigenvalue weighted by Crippen LogP contribution is -2.49. The van der Waals surface area contributed by atoms with Gasteiger partial charge in [0.25, 0.3) is 0 Å². The maximum atomic E-state index is 12.5. The Morgan fingerprint density at radius 2 is 2.04 bits per heavy atom. The molecule has 3 aromatic heterocycles. The van der Waals surface area contributed by atoms with Gasteiger partial charge in [0.2, 0.25) is 10.0 Å². The van der Waals surface area contributed by atoms with Crippen LogP contribution in [0.2, 0.25) is 0 Å². The minimum absolute atomic E-state index is 0.139. The third kappa shape index (κ3) is 2.74. The second kappa shape index (κ2) is 5.87. The average molecular weight is 348 g/mol. The van der Waals surface area contributed by atoms with Gasteiger partial charge in [0.15, 0.2) is 5.82 Å². The smallest absolute Gasteiger partial charge is 0.220 e. The SMILES string of the molecule is O=S(=O)(Cc1ccon1)N1CCN(c2nccn3cncc23)CC1. The van der Waals surface area contributed by atoms with E-state index < -0.39 is 10.0 Å². The van der Waals surface area contributed by atoms with E-state index in [1.54, 1.807) is 24.8 Å². The molecule has 0 saturated carbocycles. The number of piperazine rings is 1. The highest BCUT2D eigenvalue weighted by atomic mass is 32.2. The summed E-state index contributed by atoms with van der Waals surface area (Å²) >= 11 is 0.